The number of carbonyl (C=O) groups excluding carboxylic acids is 1. The van der Waals surface area contributed by atoms with E-state index in [1.165, 1.54) is 12.8 Å². The number of hydrogen-bond acceptors (Lipinski definition) is 1. The van der Waals surface area contributed by atoms with Gasteiger partial charge in [0.1, 0.15) is 6.54 Å². The normalized spacial score (nSPS) is 29.0. The van der Waals surface area contributed by atoms with Crippen molar-refractivity contribution in [1.82, 2.24) is 10.2 Å². The highest BCUT2D eigenvalue weighted by Crippen LogP contribution is 2.35. The van der Waals surface area contributed by atoms with Gasteiger partial charge >= 0.3 is 12.2 Å². The minimum absolute atomic E-state index is 0.172. The molecule has 2 amide bonds. The third-order valence-electron chi connectivity index (χ3n) is 3.65. The van der Waals surface area contributed by atoms with Crippen LogP contribution in [0.5, 0.6) is 0 Å². The molecule has 2 fully saturated rings. The molecule has 6 heteroatoms. The van der Waals surface area contributed by atoms with E-state index in [0.29, 0.717) is 12.5 Å². The average molecular weight is 250 g/mol. The van der Waals surface area contributed by atoms with Gasteiger partial charge in [-0.05, 0) is 18.8 Å². The molecule has 0 aromatic carbocycles. The number of fused-ring (bicyclic) bond motifs is 1. The Bertz CT molecular complexity index is 293. The molecule has 2 atom stereocenters. The van der Waals surface area contributed by atoms with Gasteiger partial charge < -0.3 is 10.2 Å². The lowest BCUT2D eigenvalue weighted by Gasteiger charge is -2.47. The molecule has 1 aliphatic heterocycles. The molecule has 0 radical (unpaired) electrons. The van der Waals surface area contributed by atoms with Crippen LogP contribution in [0.3, 0.4) is 0 Å². The van der Waals surface area contributed by atoms with Gasteiger partial charge in [0.05, 0.1) is 0 Å². The number of alkyl halides is 3. The molecule has 0 unspecified atom stereocenters. The lowest BCUT2D eigenvalue weighted by molar-refractivity contribution is -0.123. The number of nitrogens with one attached hydrogen (secondary N) is 1. The zero-order valence-electron chi connectivity index (χ0n) is 9.59. The zero-order chi connectivity index (χ0) is 12.5. The van der Waals surface area contributed by atoms with Gasteiger partial charge in [-0.1, -0.05) is 19.3 Å². The molecule has 1 heterocycles. The van der Waals surface area contributed by atoms with Crippen molar-refractivity contribution in [1.29, 1.82) is 0 Å². The Morgan fingerprint density at radius 3 is 2.65 bits per heavy atom. The molecule has 0 spiro atoms. The van der Waals surface area contributed by atoms with Crippen molar-refractivity contribution in [3.8, 4) is 0 Å². The van der Waals surface area contributed by atoms with Crippen LogP contribution >= 0.6 is 0 Å². The van der Waals surface area contributed by atoms with Crippen LogP contribution in [0.2, 0.25) is 0 Å². The quantitative estimate of drug-likeness (QED) is 0.762. The Morgan fingerprint density at radius 1 is 1.24 bits per heavy atom. The molecule has 98 valence electrons. The van der Waals surface area contributed by atoms with Crippen LogP contribution in [-0.2, 0) is 0 Å². The molecule has 0 aromatic heterocycles. The maximum Gasteiger partial charge on any atom is 0.405 e. The first kappa shape index (κ1) is 12.5. The molecule has 2 aliphatic rings. The van der Waals surface area contributed by atoms with Gasteiger partial charge in [-0.25, -0.2) is 4.79 Å². The molecule has 1 saturated heterocycles. The van der Waals surface area contributed by atoms with Crippen molar-refractivity contribution in [3.63, 3.8) is 0 Å². The van der Waals surface area contributed by atoms with Crippen LogP contribution in [0.15, 0.2) is 0 Å². The summed E-state index contributed by atoms with van der Waals surface area (Å²) in [6.45, 7) is -0.617. The van der Waals surface area contributed by atoms with E-state index in [1.54, 1.807) is 4.90 Å². The minimum Gasteiger partial charge on any atom is -0.329 e. The number of likely N-dealkylation sites (tertiary alicyclic amines) is 1. The predicted octanol–water partition coefficient (Wildman–Crippen LogP) is 2.52. The maximum absolute atomic E-state index is 12.0. The summed E-state index contributed by atoms with van der Waals surface area (Å²) in [6.07, 6.45) is 1.13. The molecular weight excluding hydrogens is 233 g/mol. The third-order valence-corrected chi connectivity index (χ3v) is 3.65. The van der Waals surface area contributed by atoms with Crippen molar-refractivity contribution in [3.05, 3.63) is 0 Å². The van der Waals surface area contributed by atoms with Gasteiger partial charge in [0.2, 0.25) is 0 Å². The Labute approximate surface area is 98.3 Å². The van der Waals surface area contributed by atoms with Crippen LogP contribution in [0, 0.1) is 5.92 Å². The topological polar surface area (TPSA) is 32.3 Å². The summed E-state index contributed by atoms with van der Waals surface area (Å²) >= 11 is 0. The SMILES string of the molecule is O=C(NCC(F)(F)F)N1C[C@H]2CCCCC[C@@H]21. The third kappa shape index (κ3) is 3.04. The average Bonchev–Trinajstić information content (AvgIpc) is 2.37. The van der Waals surface area contributed by atoms with Crippen molar-refractivity contribution in [2.75, 3.05) is 13.1 Å². The first-order valence-corrected chi connectivity index (χ1v) is 6.08. The molecule has 2 rings (SSSR count). The number of carbonyl (C=O) groups is 1. The lowest BCUT2D eigenvalue weighted by Crippen LogP contribution is -2.61. The Morgan fingerprint density at radius 2 is 1.94 bits per heavy atom. The number of rotatable bonds is 1. The number of hydrogen-bond donors (Lipinski definition) is 1. The summed E-state index contributed by atoms with van der Waals surface area (Å²) in [6, 6.07) is -0.392. The van der Waals surface area contributed by atoms with E-state index in [1.807, 2.05) is 5.32 Å². The smallest absolute Gasteiger partial charge is 0.329 e. The van der Waals surface area contributed by atoms with E-state index >= 15 is 0 Å². The Kier molecular flexibility index (Phi) is 3.49. The van der Waals surface area contributed by atoms with E-state index in [9.17, 15) is 18.0 Å². The van der Waals surface area contributed by atoms with Gasteiger partial charge in [-0.15, -0.1) is 0 Å². The van der Waals surface area contributed by atoms with E-state index in [-0.39, 0.29) is 6.04 Å². The van der Waals surface area contributed by atoms with Gasteiger partial charge in [0.25, 0.3) is 0 Å². The Hall–Kier alpha value is -0.940. The van der Waals surface area contributed by atoms with Crippen molar-refractivity contribution in [2.24, 2.45) is 5.92 Å². The van der Waals surface area contributed by atoms with E-state index in [0.717, 1.165) is 19.3 Å². The molecule has 0 bridgehead atoms. The second kappa shape index (κ2) is 4.74. The van der Waals surface area contributed by atoms with Crippen LogP contribution in [-0.4, -0.2) is 36.2 Å². The van der Waals surface area contributed by atoms with Crippen LogP contribution in [0.4, 0.5) is 18.0 Å². The molecule has 0 aromatic rings. The second-order valence-corrected chi connectivity index (χ2v) is 4.89. The van der Waals surface area contributed by atoms with E-state index in [4.69, 9.17) is 0 Å². The highest BCUT2D eigenvalue weighted by atomic mass is 19.4. The van der Waals surface area contributed by atoms with Crippen molar-refractivity contribution in [2.45, 2.75) is 44.3 Å². The van der Waals surface area contributed by atoms with Gasteiger partial charge in [-0.3, -0.25) is 0 Å². The van der Waals surface area contributed by atoms with E-state index < -0.39 is 18.8 Å². The second-order valence-electron chi connectivity index (χ2n) is 4.89. The largest absolute Gasteiger partial charge is 0.405 e. The first-order valence-electron chi connectivity index (χ1n) is 6.08. The van der Waals surface area contributed by atoms with Crippen molar-refractivity contribution >= 4 is 6.03 Å². The summed E-state index contributed by atoms with van der Waals surface area (Å²) in [5.41, 5.74) is 0. The Balaban J connectivity index is 1.81. The fourth-order valence-electron chi connectivity index (χ4n) is 2.75. The minimum atomic E-state index is -4.33. The fraction of sp³-hybridized carbons (Fsp3) is 0.909. The fourth-order valence-corrected chi connectivity index (χ4v) is 2.75. The van der Waals surface area contributed by atoms with Gasteiger partial charge in [-0.2, -0.15) is 13.2 Å². The van der Waals surface area contributed by atoms with Crippen molar-refractivity contribution < 1.29 is 18.0 Å². The summed E-state index contributed by atoms with van der Waals surface area (Å²) < 4.78 is 35.9. The molecule has 1 saturated carbocycles. The van der Waals surface area contributed by atoms with Crippen LogP contribution in [0.1, 0.15) is 32.1 Å². The molecule has 3 nitrogen and oxygen atoms in total. The summed E-state index contributed by atoms with van der Waals surface area (Å²) in [5, 5.41) is 1.94. The zero-order valence-corrected chi connectivity index (χ0v) is 9.59. The lowest BCUT2D eigenvalue weighted by atomic mass is 9.85. The molecule has 1 aliphatic carbocycles. The van der Waals surface area contributed by atoms with E-state index in [2.05, 4.69) is 0 Å². The van der Waals surface area contributed by atoms with Crippen LogP contribution in [0.25, 0.3) is 0 Å². The molecule has 1 N–H and O–H groups in total. The molecular formula is C11H17F3N2O. The number of urea groups is 1. The van der Waals surface area contributed by atoms with Crippen LogP contribution < -0.4 is 5.32 Å². The first-order chi connectivity index (χ1) is 7.97. The number of nitrogens with zero attached hydrogens (tertiary/aromatic N) is 1. The van der Waals surface area contributed by atoms with Gasteiger partial charge in [0.15, 0.2) is 0 Å². The maximum atomic E-state index is 12.0. The summed E-state index contributed by atoms with van der Waals surface area (Å²) in [7, 11) is 0. The predicted molar refractivity (Wildman–Crippen MR) is 56.5 cm³/mol. The van der Waals surface area contributed by atoms with Gasteiger partial charge in [0, 0.05) is 12.6 Å². The standard InChI is InChI=1S/C11H17F3N2O/c12-11(13,14)7-15-10(17)16-6-8-4-2-1-3-5-9(8)16/h8-9H,1-7H2,(H,15,17)/t8-,9+/m1/s1. The monoisotopic (exact) mass is 250 g/mol. The number of amides is 2. The summed E-state index contributed by atoms with van der Waals surface area (Å²) in [5.74, 6) is 0.508. The molecule has 17 heavy (non-hydrogen) atoms. The highest BCUT2D eigenvalue weighted by molar-refractivity contribution is 5.75. The summed E-state index contributed by atoms with van der Waals surface area (Å²) in [4.78, 5) is 13.1. The highest BCUT2D eigenvalue weighted by Gasteiger charge is 2.42. The number of halogens is 3.